The number of carbonyl (C=O) groups excluding carboxylic acids is 1. The van der Waals surface area contributed by atoms with Gasteiger partial charge in [0.25, 0.3) is 0 Å². The van der Waals surface area contributed by atoms with Gasteiger partial charge in [0.15, 0.2) is 0 Å². The lowest BCUT2D eigenvalue weighted by Gasteiger charge is -2.45. The molecule has 1 saturated carbocycles. The second kappa shape index (κ2) is 3.78. The van der Waals surface area contributed by atoms with Crippen LogP contribution in [-0.2, 0) is 4.79 Å². The monoisotopic (exact) mass is 211 g/mol. The first-order valence-electron chi connectivity index (χ1n) is 5.98. The van der Waals surface area contributed by atoms with Crippen LogP contribution in [0.3, 0.4) is 0 Å². The summed E-state index contributed by atoms with van der Waals surface area (Å²) in [6, 6.07) is 0.247. The largest absolute Gasteiger partial charge is 0.393 e. The number of rotatable bonds is 1. The van der Waals surface area contributed by atoms with Crippen LogP contribution in [0.2, 0.25) is 0 Å². The maximum absolute atomic E-state index is 11.7. The van der Waals surface area contributed by atoms with E-state index < -0.39 is 0 Å². The molecule has 2 fully saturated rings. The third-order valence-electron chi connectivity index (χ3n) is 4.01. The summed E-state index contributed by atoms with van der Waals surface area (Å²) in [4.78, 5) is 13.7. The minimum Gasteiger partial charge on any atom is -0.393 e. The third-order valence-corrected chi connectivity index (χ3v) is 4.01. The molecule has 1 aliphatic carbocycles. The first-order valence-corrected chi connectivity index (χ1v) is 5.98. The van der Waals surface area contributed by atoms with E-state index in [9.17, 15) is 9.90 Å². The van der Waals surface area contributed by atoms with Crippen LogP contribution in [0, 0.1) is 5.41 Å². The molecule has 1 N–H and O–H groups in total. The molecular formula is C12H21NO2. The zero-order chi connectivity index (χ0) is 11.1. The van der Waals surface area contributed by atoms with Crippen molar-refractivity contribution in [3.8, 4) is 0 Å². The normalized spacial score (nSPS) is 35.9. The van der Waals surface area contributed by atoms with Gasteiger partial charge in [-0.15, -0.1) is 0 Å². The number of carbonyl (C=O) groups is 1. The lowest BCUT2D eigenvalue weighted by atomic mass is 9.71. The summed E-state index contributed by atoms with van der Waals surface area (Å²) in [5, 5.41) is 9.72. The van der Waals surface area contributed by atoms with E-state index in [4.69, 9.17) is 0 Å². The molecule has 2 unspecified atom stereocenters. The number of amides is 1. The minimum absolute atomic E-state index is 0.166. The highest BCUT2D eigenvalue weighted by molar-refractivity contribution is 5.78. The fourth-order valence-corrected chi connectivity index (χ4v) is 2.95. The Balaban J connectivity index is 2.13. The van der Waals surface area contributed by atoms with Crippen molar-refractivity contribution in [3.63, 3.8) is 0 Å². The summed E-state index contributed by atoms with van der Waals surface area (Å²) in [6.45, 7) is 5.32. The molecule has 0 bridgehead atoms. The van der Waals surface area contributed by atoms with Crippen molar-refractivity contribution in [1.29, 1.82) is 0 Å². The number of hydrogen-bond donors (Lipinski definition) is 1. The van der Waals surface area contributed by atoms with Gasteiger partial charge in [-0.05, 0) is 31.1 Å². The smallest absolute Gasteiger partial charge is 0.222 e. The highest BCUT2D eigenvalue weighted by atomic mass is 16.3. The molecule has 1 saturated heterocycles. The molecule has 1 aliphatic heterocycles. The van der Waals surface area contributed by atoms with E-state index in [1.165, 1.54) is 0 Å². The second-order valence-electron chi connectivity index (χ2n) is 5.62. The van der Waals surface area contributed by atoms with Crippen LogP contribution < -0.4 is 0 Å². The van der Waals surface area contributed by atoms with E-state index in [-0.39, 0.29) is 23.5 Å². The van der Waals surface area contributed by atoms with E-state index >= 15 is 0 Å². The van der Waals surface area contributed by atoms with Gasteiger partial charge in [0.05, 0.1) is 6.10 Å². The molecule has 2 aliphatic rings. The highest BCUT2D eigenvalue weighted by Crippen LogP contribution is 2.40. The van der Waals surface area contributed by atoms with Crippen LogP contribution in [0.15, 0.2) is 0 Å². The molecule has 0 aromatic carbocycles. The number of aliphatic hydroxyl groups is 1. The third kappa shape index (κ3) is 2.03. The molecule has 15 heavy (non-hydrogen) atoms. The number of hydrogen-bond acceptors (Lipinski definition) is 2. The fourth-order valence-electron chi connectivity index (χ4n) is 2.95. The Labute approximate surface area is 91.5 Å². The first kappa shape index (κ1) is 10.9. The standard InChI is InChI=1S/C12H21NO2/c1-12(2)6-5-9(14)8-10(12)13-7-3-4-11(13)15/h9-10,14H,3-8H2,1-2H3. The van der Waals surface area contributed by atoms with Crippen molar-refractivity contribution in [1.82, 2.24) is 4.90 Å². The van der Waals surface area contributed by atoms with Gasteiger partial charge in [-0.3, -0.25) is 4.79 Å². The van der Waals surface area contributed by atoms with Gasteiger partial charge in [-0.1, -0.05) is 13.8 Å². The predicted octanol–water partition coefficient (Wildman–Crippen LogP) is 1.55. The van der Waals surface area contributed by atoms with Crippen LogP contribution in [-0.4, -0.2) is 34.6 Å². The van der Waals surface area contributed by atoms with Crippen LogP contribution in [0.25, 0.3) is 0 Å². The summed E-state index contributed by atoms with van der Waals surface area (Å²) in [7, 11) is 0. The molecule has 0 radical (unpaired) electrons. The Morgan fingerprint density at radius 2 is 2.20 bits per heavy atom. The second-order valence-corrected chi connectivity index (χ2v) is 5.62. The van der Waals surface area contributed by atoms with Gasteiger partial charge >= 0.3 is 0 Å². The molecular weight excluding hydrogens is 190 g/mol. The molecule has 0 aromatic heterocycles. The van der Waals surface area contributed by atoms with E-state index in [1.54, 1.807) is 0 Å². The average Bonchev–Trinajstić information content (AvgIpc) is 2.56. The maximum atomic E-state index is 11.7. The van der Waals surface area contributed by atoms with E-state index in [2.05, 4.69) is 13.8 Å². The molecule has 1 heterocycles. The van der Waals surface area contributed by atoms with Crippen molar-refractivity contribution in [2.45, 2.75) is 58.1 Å². The van der Waals surface area contributed by atoms with Crippen LogP contribution in [0.5, 0.6) is 0 Å². The Morgan fingerprint density at radius 3 is 2.80 bits per heavy atom. The summed E-state index contributed by atoms with van der Waals surface area (Å²) >= 11 is 0. The average molecular weight is 211 g/mol. The van der Waals surface area contributed by atoms with Gasteiger partial charge in [0, 0.05) is 19.0 Å². The molecule has 86 valence electrons. The van der Waals surface area contributed by atoms with Gasteiger partial charge in [-0.2, -0.15) is 0 Å². The first-order chi connectivity index (χ1) is 7.00. The zero-order valence-corrected chi connectivity index (χ0v) is 9.70. The van der Waals surface area contributed by atoms with E-state index in [0.29, 0.717) is 6.42 Å². The number of likely N-dealkylation sites (tertiary alicyclic amines) is 1. The fraction of sp³-hybridized carbons (Fsp3) is 0.917. The van der Waals surface area contributed by atoms with Crippen molar-refractivity contribution in [2.75, 3.05) is 6.54 Å². The number of nitrogens with zero attached hydrogens (tertiary/aromatic N) is 1. The SMILES string of the molecule is CC1(C)CCC(O)CC1N1CCCC1=O. The Kier molecular flexibility index (Phi) is 2.75. The summed E-state index contributed by atoms with van der Waals surface area (Å²) < 4.78 is 0. The lowest BCUT2D eigenvalue weighted by Crippen LogP contribution is -2.50. The Hall–Kier alpha value is -0.570. The molecule has 0 spiro atoms. The number of aliphatic hydroxyl groups excluding tert-OH is 1. The van der Waals surface area contributed by atoms with Gasteiger partial charge in [0.1, 0.15) is 0 Å². The molecule has 3 heteroatoms. The highest BCUT2D eigenvalue weighted by Gasteiger charge is 2.42. The van der Waals surface area contributed by atoms with Crippen molar-refractivity contribution < 1.29 is 9.90 Å². The van der Waals surface area contributed by atoms with Crippen LogP contribution in [0.1, 0.15) is 46.0 Å². The topological polar surface area (TPSA) is 40.5 Å². The lowest BCUT2D eigenvalue weighted by molar-refractivity contribution is -0.134. The quantitative estimate of drug-likeness (QED) is 0.715. The maximum Gasteiger partial charge on any atom is 0.222 e. The van der Waals surface area contributed by atoms with Gasteiger partial charge in [-0.25, -0.2) is 0 Å². The summed E-state index contributed by atoms with van der Waals surface area (Å²) in [5.41, 5.74) is 0.166. The summed E-state index contributed by atoms with van der Waals surface area (Å²) in [5.74, 6) is 0.280. The van der Waals surface area contributed by atoms with E-state index in [1.807, 2.05) is 4.90 Å². The van der Waals surface area contributed by atoms with Gasteiger partial charge in [0.2, 0.25) is 5.91 Å². The van der Waals surface area contributed by atoms with Crippen molar-refractivity contribution in [3.05, 3.63) is 0 Å². The van der Waals surface area contributed by atoms with Gasteiger partial charge < -0.3 is 10.0 Å². The van der Waals surface area contributed by atoms with Crippen LogP contribution in [0.4, 0.5) is 0 Å². The molecule has 2 atom stereocenters. The Morgan fingerprint density at radius 1 is 1.47 bits per heavy atom. The molecule has 0 aromatic rings. The molecule has 1 amide bonds. The van der Waals surface area contributed by atoms with Crippen LogP contribution >= 0.6 is 0 Å². The van der Waals surface area contributed by atoms with Crippen molar-refractivity contribution >= 4 is 5.91 Å². The Bertz CT molecular complexity index is 262. The molecule has 2 rings (SSSR count). The predicted molar refractivity (Wildman–Crippen MR) is 58.4 cm³/mol. The zero-order valence-electron chi connectivity index (χ0n) is 9.70. The molecule has 3 nitrogen and oxygen atoms in total. The van der Waals surface area contributed by atoms with Crippen molar-refractivity contribution in [2.24, 2.45) is 5.41 Å². The minimum atomic E-state index is -0.212. The summed E-state index contributed by atoms with van der Waals surface area (Å²) in [6.07, 6.45) is 4.13. The van der Waals surface area contributed by atoms with E-state index in [0.717, 1.165) is 32.2 Å².